The molecule has 2 N–H and O–H groups in total. The fourth-order valence-electron chi connectivity index (χ4n) is 2.38. The lowest BCUT2D eigenvalue weighted by molar-refractivity contribution is 0.362. The van der Waals surface area contributed by atoms with Crippen LogP contribution in [0, 0.1) is 13.8 Å². The standard InChI is InChI=1S/C15H17N5O/c1-10-3-11(2)5-12(4-10)6-14-18-15(21-19-14)9-20-8-13(16)7-17-20/h3-5,7-8H,6,9,16H2,1-2H3. The van der Waals surface area contributed by atoms with Gasteiger partial charge in [-0.25, -0.2) is 0 Å². The zero-order chi connectivity index (χ0) is 14.8. The number of aromatic nitrogens is 4. The fraction of sp³-hybridized carbons (Fsp3) is 0.267. The molecule has 0 fully saturated rings. The lowest BCUT2D eigenvalue weighted by Crippen LogP contribution is -2.00. The summed E-state index contributed by atoms with van der Waals surface area (Å²) in [5.41, 5.74) is 9.89. The van der Waals surface area contributed by atoms with Crippen LogP contribution in [0.1, 0.15) is 28.4 Å². The van der Waals surface area contributed by atoms with Crippen LogP contribution < -0.4 is 5.73 Å². The van der Waals surface area contributed by atoms with Crippen LogP contribution in [0.15, 0.2) is 35.1 Å². The number of anilines is 1. The Labute approximate surface area is 122 Å². The summed E-state index contributed by atoms with van der Waals surface area (Å²) in [5.74, 6) is 1.20. The molecule has 0 spiro atoms. The Bertz CT molecular complexity index is 739. The Hall–Kier alpha value is -2.63. The lowest BCUT2D eigenvalue weighted by atomic mass is 10.1. The highest BCUT2D eigenvalue weighted by atomic mass is 16.5. The predicted octanol–water partition coefficient (Wildman–Crippen LogP) is 2.10. The van der Waals surface area contributed by atoms with Gasteiger partial charge < -0.3 is 10.3 Å². The molecule has 0 atom stereocenters. The van der Waals surface area contributed by atoms with Gasteiger partial charge in [-0.15, -0.1) is 0 Å². The number of aryl methyl sites for hydroxylation is 2. The average molecular weight is 283 g/mol. The number of hydrogen-bond donors (Lipinski definition) is 1. The molecule has 21 heavy (non-hydrogen) atoms. The van der Waals surface area contributed by atoms with Crippen molar-refractivity contribution in [3.63, 3.8) is 0 Å². The summed E-state index contributed by atoms with van der Waals surface area (Å²) in [4.78, 5) is 4.39. The summed E-state index contributed by atoms with van der Waals surface area (Å²) >= 11 is 0. The highest BCUT2D eigenvalue weighted by molar-refractivity contribution is 5.31. The second kappa shape index (κ2) is 5.40. The summed E-state index contributed by atoms with van der Waals surface area (Å²) in [6, 6.07) is 6.42. The highest BCUT2D eigenvalue weighted by Gasteiger charge is 2.09. The van der Waals surface area contributed by atoms with Crippen LogP contribution in [0.4, 0.5) is 5.69 Å². The van der Waals surface area contributed by atoms with Gasteiger partial charge in [0, 0.05) is 12.6 Å². The Morgan fingerprint density at radius 3 is 2.62 bits per heavy atom. The molecule has 1 aromatic carbocycles. The van der Waals surface area contributed by atoms with Crippen molar-refractivity contribution >= 4 is 5.69 Å². The van der Waals surface area contributed by atoms with Crippen LogP contribution in [0.2, 0.25) is 0 Å². The van der Waals surface area contributed by atoms with Crippen molar-refractivity contribution in [3.8, 4) is 0 Å². The Morgan fingerprint density at radius 2 is 1.95 bits per heavy atom. The molecule has 3 rings (SSSR count). The fourth-order valence-corrected chi connectivity index (χ4v) is 2.38. The van der Waals surface area contributed by atoms with E-state index in [1.165, 1.54) is 16.7 Å². The van der Waals surface area contributed by atoms with E-state index in [1.54, 1.807) is 17.1 Å². The molecule has 2 aromatic heterocycles. The van der Waals surface area contributed by atoms with Crippen molar-refractivity contribution in [3.05, 3.63) is 59.0 Å². The Morgan fingerprint density at radius 1 is 1.19 bits per heavy atom. The summed E-state index contributed by atoms with van der Waals surface area (Å²) in [7, 11) is 0. The van der Waals surface area contributed by atoms with E-state index >= 15 is 0 Å². The first kappa shape index (κ1) is 13.4. The molecule has 0 aliphatic rings. The summed E-state index contributed by atoms with van der Waals surface area (Å²) in [6.45, 7) is 4.59. The minimum Gasteiger partial charge on any atom is -0.396 e. The number of hydrogen-bond acceptors (Lipinski definition) is 5. The molecule has 0 amide bonds. The lowest BCUT2D eigenvalue weighted by Gasteiger charge is -2.01. The molecule has 3 aromatic rings. The first-order chi connectivity index (χ1) is 10.1. The van der Waals surface area contributed by atoms with Gasteiger partial charge in [0.05, 0.1) is 11.9 Å². The maximum atomic E-state index is 5.62. The van der Waals surface area contributed by atoms with Gasteiger partial charge in [0.25, 0.3) is 0 Å². The van der Waals surface area contributed by atoms with Crippen molar-refractivity contribution in [2.24, 2.45) is 0 Å². The van der Waals surface area contributed by atoms with Gasteiger partial charge in [0.1, 0.15) is 6.54 Å². The number of rotatable bonds is 4. The molecule has 0 bridgehead atoms. The van der Waals surface area contributed by atoms with Gasteiger partial charge in [0.15, 0.2) is 5.82 Å². The molecule has 2 heterocycles. The molecule has 0 radical (unpaired) electrons. The van der Waals surface area contributed by atoms with Gasteiger partial charge in [-0.2, -0.15) is 10.1 Å². The van der Waals surface area contributed by atoms with Gasteiger partial charge >= 0.3 is 0 Å². The molecular weight excluding hydrogens is 266 g/mol. The van der Waals surface area contributed by atoms with E-state index in [0.29, 0.717) is 30.4 Å². The van der Waals surface area contributed by atoms with E-state index < -0.39 is 0 Å². The normalized spacial score (nSPS) is 11.0. The number of nitrogen functional groups attached to an aromatic ring is 1. The van der Waals surface area contributed by atoms with Crippen molar-refractivity contribution in [2.45, 2.75) is 26.8 Å². The summed E-state index contributed by atoms with van der Waals surface area (Å²) < 4.78 is 6.92. The zero-order valence-corrected chi connectivity index (χ0v) is 12.1. The molecule has 6 nitrogen and oxygen atoms in total. The SMILES string of the molecule is Cc1cc(C)cc(Cc2noc(Cn3cc(N)cn3)n2)c1. The van der Waals surface area contributed by atoms with Crippen LogP contribution in [0.25, 0.3) is 0 Å². The molecule has 0 aliphatic heterocycles. The maximum Gasteiger partial charge on any atom is 0.248 e. The Balaban J connectivity index is 1.72. The third-order valence-corrected chi connectivity index (χ3v) is 3.10. The smallest absolute Gasteiger partial charge is 0.248 e. The van der Waals surface area contributed by atoms with E-state index in [-0.39, 0.29) is 0 Å². The molecule has 0 unspecified atom stereocenters. The van der Waals surface area contributed by atoms with Crippen molar-refractivity contribution in [1.82, 2.24) is 19.9 Å². The largest absolute Gasteiger partial charge is 0.396 e. The molecule has 108 valence electrons. The quantitative estimate of drug-likeness (QED) is 0.792. The minimum absolute atomic E-state index is 0.428. The Kier molecular flexibility index (Phi) is 3.43. The van der Waals surface area contributed by atoms with Gasteiger partial charge in [0.2, 0.25) is 5.89 Å². The second-order valence-electron chi connectivity index (χ2n) is 5.25. The monoisotopic (exact) mass is 283 g/mol. The number of nitrogens with zero attached hydrogens (tertiary/aromatic N) is 4. The van der Waals surface area contributed by atoms with E-state index in [9.17, 15) is 0 Å². The van der Waals surface area contributed by atoms with Crippen LogP contribution in [0.3, 0.4) is 0 Å². The van der Waals surface area contributed by atoms with Crippen molar-refractivity contribution in [2.75, 3.05) is 5.73 Å². The van der Waals surface area contributed by atoms with E-state index in [0.717, 1.165) is 0 Å². The predicted molar refractivity (Wildman–Crippen MR) is 78.8 cm³/mol. The number of benzene rings is 1. The maximum absolute atomic E-state index is 5.62. The van der Waals surface area contributed by atoms with Gasteiger partial charge in [-0.1, -0.05) is 34.5 Å². The third kappa shape index (κ3) is 3.28. The minimum atomic E-state index is 0.428. The second-order valence-corrected chi connectivity index (χ2v) is 5.25. The third-order valence-electron chi connectivity index (χ3n) is 3.10. The first-order valence-electron chi connectivity index (χ1n) is 6.75. The molecular formula is C15H17N5O. The van der Waals surface area contributed by atoms with Crippen LogP contribution in [0.5, 0.6) is 0 Å². The van der Waals surface area contributed by atoms with E-state index in [2.05, 4.69) is 47.3 Å². The van der Waals surface area contributed by atoms with Gasteiger partial charge in [-0.3, -0.25) is 4.68 Å². The summed E-state index contributed by atoms with van der Waals surface area (Å²) in [5, 5.41) is 8.11. The highest BCUT2D eigenvalue weighted by Crippen LogP contribution is 2.13. The topological polar surface area (TPSA) is 82.8 Å². The average Bonchev–Trinajstić information content (AvgIpc) is 2.98. The first-order valence-corrected chi connectivity index (χ1v) is 6.75. The molecule has 0 aliphatic carbocycles. The zero-order valence-electron chi connectivity index (χ0n) is 12.1. The summed E-state index contributed by atoms with van der Waals surface area (Å²) in [6.07, 6.45) is 3.98. The number of nitrogens with two attached hydrogens (primary N) is 1. The molecule has 6 heteroatoms. The van der Waals surface area contributed by atoms with Crippen LogP contribution >= 0.6 is 0 Å². The van der Waals surface area contributed by atoms with E-state index in [4.69, 9.17) is 10.3 Å². The van der Waals surface area contributed by atoms with Crippen LogP contribution in [-0.4, -0.2) is 19.9 Å². The van der Waals surface area contributed by atoms with Crippen LogP contribution in [-0.2, 0) is 13.0 Å². The van der Waals surface area contributed by atoms with Crippen molar-refractivity contribution in [1.29, 1.82) is 0 Å². The van der Waals surface area contributed by atoms with E-state index in [1.807, 2.05) is 0 Å². The molecule has 0 saturated carbocycles. The van der Waals surface area contributed by atoms with Gasteiger partial charge in [-0.05, 0) is 19.4 Å². The van der Waals surface area contributed by atoms with Crippen molar-refractivity contribution < 1.29 is 4.52 Å². The molecule has 0 saturated heterocycles.